The van der Waals surface area contributed by atoms with Crippen molar-refractivity contribution >= 4 is 6.08 Å². The van der Waals surface area contributed by atoms with Gasteiger partial charge in [0.1, 0.15) is 5.82 Å². The Morgan fingerprint density at radius 3 is 2.47 bits per heavy atom. The van der Waals surface area contributed by atoms with Crippen molar-refractivity contribution in [3.63, 3.8) is 0 Å². The summed E-state index contributed by atoms with van der Waals surface area (Å²) in [7, 11) is 0. The molecule has 0 spiro atoms. The van der Waals surface area contributed by atoms with E-state index in [1.807, 2.05) is 0 Å². The van der Waals surface area contributed by atoms with Crippen LogP contribution < -0.4 is 0 Å². The second-order valence-corrected chi connectivity index (χ2v) is 2.66. The molecule has 1 aromatic carbocycles. The highest BCUT2D eigenvalue weighted by Crippen LogP contribution is 2.34. The van der Waals surface area contributed by atoms with Gasteiger partial charge < -0.3 is 0 Å². The molecular weight excluding hydrogens is 210 g/mol. The molecular formula is C10H5F4N. The average molecular weight is 215 g/mol. The summed E-state index contributed by atoms with van der Waals surface area (Å²) in [6, 6.07) is 4.52. The Kier molecular flexibility index (Phi) is 3.10. The predicted molar refractivity (Wildman–Crippen MR) is 46.0 cm³/mol. The standard InChI is InChI=1S/C10H5F4N/c11-8-5-1-3-7(4-2-6-15)9(8)10(12,13)14/h1-5H. The number of alkyl halides is 3. The summed E-state index contributed by atoms with van der Waals surface area (Å²) in [6.45, 7) is 0. The van der Waals surface area contributed by atoms with Crippen LogP contribution in [0.4, 0.5) is 17.6 Å². The quantitative estimate of drug-likeness (QED) is 0.520. The van der Waals surface area contributed by atoms with Gasteiger partial charge in [-0.1, -0.05) is 12.1 Å². The lowest BCUT2D eigenvalue weighted by Crippen LogP contribution is -2.10. The molecule has 0 saturated carbocycles. The fraction of sp³-hybridized carbons (Fsp3) is 0.100. The SMILES string of the molecule is N#CC=Cc1cccc(F)c1C(F)(F)F. The normalized spacial score (nSPS) is 11.7. The smallest absolute Gasteiger partial charge is 0.206 e. The largest absolute Gasteiger partial charge is 0.419 e. The van der Waals surface area contributed by atoms with Crippen LogP contribution in [0, 0.1) is 17.1 Å². The molecule has 1 nitrogen and oxygen atoms in total. The number of rotatable bonds is 1. The second-order valence-electron chi connectivity index (χ2n) is 2.66. The molecule has 0 unspecified atom stereocenters. The third kappa shape index (κ3) is 2.56. The molecule has 0 atom stereocenters. The van der Waals surface area contributed by atoms with Gasteiger partial charge in [0.2, 0.25) is 0 Å². The number of benzene rings is 1. The minimum Gasteiger partial charge on any atom is -0.206 e. The van der Waals surface area contributed by atoms with Gasteiger partial charge >= 0.3 is 6.18 Å². The Labute approximate surface area is 83.3 Å². The molecule has 0 aliphatic rings. The van der Waals surface area contributed by atoms with Crippen molar-refractivity contribution in [3.8, 4) is 6.07 Å². The molecule has 0 amide bonds. The highest BCUT2D eigenvalue weighted by atomic mass is 19.4. The van der Waals surface area contributed by atoms with Gasteiger partial charge in [-0.2, -0.15) is 18.4 Å². The van der Waals surface area contributed by atoms with E-state index in [4.69, 9.17) is 5.26 Å². The molecule has 78 valence electrons. The highest BCUT2D eigenvalue weighted by molar-refractivity contribution is 5.56. The molecule has 15 heavy (non-hydrogen) atoms. The lowest BCUT2D eigenvalue weighted by atomic mass is 10.1. The third-order valence-corrected chi connectivity index (χ3v) is 1.67. The van der Waals surface area contributed by atoms with Crippen LogP contribution in [0.25, 0.3) is 6.08 Å². The fourth-order valence-corrected chi connectivity index (χ4v) is 1.11. The van der Waals surface area contributed by atoms with Gasteiger partial charge in [-0.25, -0.2) is 4.39 Å². The molecule has 1 rings (SSSR count). The molecule has 1 aromatic rings. The van der Waals surface area contributed by atoms with E-state index in [0.29, 0.717) is 0 Å². The molecule has 0 aromatic heterocycles. The van der Waals surface area contributed by atoms with Gasteiger partial charge in [0.05, 0.1) is 11.6 Å². The number of nitriles is 1. The first-order valence-electron chi connectivity index (χ1n) is 3.88. The van der Waals surface area contributed by atoms with Crippen molar-refractivity contribution in [2.24, 2.45) is 0 Å². The van der Waals surface area contributed by atoms with Crippen molar-refractivity contribution in [2.45, 2.75) is 6.18 Å². The first-order valence-corrected chi connectivity index (χ1v) is 3.88. The van der Waals surface area contributed by atoms with Crippen LogP contribution in [0.1, 0.15) is 11.1 Å². The molecule has 0 radical (unpaired) electrons. The monoisotopic (exact) mass is 215 g/mol. The van der Waals surface area contributed by atoms with Crippen LogP contribution >= 0.6 is 0 Å². The first-order chi connectivity index (χ1) is 6.96. The zero-order valence-electron chi connectivity index (χ0n) is 7.35. The zero-order valence-corrected chi connectivity index (χ0v) is 7.35. The van der Waals surface area contributed by atoms with E-state index in [1.54, 1.807) is 6.07 Å². The average Bonchev–Trinajstić information content (AvgIpc) is 2.12. The molecule has 5 heteroatoms. The first kappa shape index (κ1) is 11.2. The summed E-state index contributed by atoms with van der Waals surface area (Å²) in [5, 5.41) is 8.18. The van der Waals surface area contributed by atoms with Crippen LogP contribution in [0.2, 0.25) is 0 Å². The lowest BCUT2D eigenvalue weighted by Gasteiger charge is -2.10. The number of nitrogens with zero attached hydrogens (tertiary/aromatic N) is 1. The summed E-state index contributed by atoms with van der Waals surface area (Å²) >= 11 is 0. The molecule has 0 heterocycles. The number of hydrogen-bond acceptors (Lipinski definition) is 1. The van der Waals surface area contributed by atoms with Crippen LogP contribution in [0.3, 0.4) is 0 Å². The van der Waals surface area contributed by atoms with Crippen LogP contribution in [0.5, 0.6) is 0 Å². The van der Waals surface area contributed by atoms with E-state index in [-0.39, 0.29) is 5.56 Å². The maximum atomic E-state index is 12.9. The summed E-state index contributed by atoms with van der Waals surface area (Å²) in [6.07, 6.45) is -2.98. The van der Waals surface area contributed by atoms with Crippen molar-refractivity contribution in [1.82, 2.24) is 0 Å². The molecule has 0 saturated heterocycles. The maximum absolute atomic E-state index is 12.9. The highest BCUT2D eigenvalue weighted by Gasteiger charge is 2.35. The number of halogens is 4. The summed E-state index contributed by atoms with van der Waals surface area (Å²) in [4.78, 5) is 0. The summed E-state index contributed by atoms with van der Waals surface area (Å²) < 4.78 is 50.1. The predicted octanol–water partition coefficient (Wildman–Crippen LogP) is 3.38. The molecule has 0 bridgehead atoms. The van der Waals surface area contributed by atoms with Crippen molar-refractivity contribution in [3.05, 3.63) is 41.2 Å². The number of allylic oxidation sites excluding steroid dienone is 1. The van der Waals surface area contributed by atoms with Crippen molar-refractivity contribution in [2.75, 3.05) is 0 Å². The van der Waals surface area contributed by atoms with Crippen LogP contribution in [-0.2, 0) is 6.18 Å². The van der Waals surface area contributed by atoms with Gasteiger partial charge in [0.25, 0.3) is 0 Å². The Balaban J connectivity index is 3.35. The van der Waals surface area contributed by atoms with Gasteiger partial charge in [-0.05, 0) is 17.7 Å². The lowest BCUT2D eigenvalue weighted by molar-refractivity contribution is -0.140. The Hall–Kier alpha value is -1.83. The van der Waals surface area contributed by atoms with Gasteiger partial charge in [-0.15, -0.1) is 0 Å². The minimum absolute atomic E-state index is 0.357. The number of hydrogen-bond donors (Lipinski definition) is 0. The molecule has 0 fully saturated rings. The summed E-state index contributed by atoms with van der Waals surface area (Å²) in [5.41, 5.74) is -1.71. The van der Waals surface area contributed by atoms with Crippen LogP contribution in [0.15, 0.2) is 24.3 Å². The topological polar surface area (TPSA) is 23.8 Å². The van der Waals surface area contributed by atoms with E-state index in [9.17, 15) is 17.6 Å². The molecule has 0 aliphatic heterocycles. The van der Waals surface area contributed by atoms with E-state index in [1.165, 1.54) is 0 Å². The second kappa shape index (κ2) is 4.13. The van der Waals surface area contributed by atoms with E-state index >= 15 is 0 Å². The van der Waals surface area contributed by atoms with Crippen molar-refractivity contribution < 1.29 is 17.6 Å². The third-order valence-electron chi connectivity index (χ3n) is 1.67. The van der Waals surface area contributed by atoms with Gasteiger partial charge in [0.15, 0.2) is 0 Å². The van der Waals surface area contributed by atoms with Crippen molar-refractivity contribution in [1.29, 1.82) is 5.26 Å². The van der Waals surface area contributed by atoms with Crippen LogP contribution in [-0.4, -0.2) is 0 Å². The molecule has 0 aliphatic carbocycles. The minimum atomic E-state index is -4.76. The Morgan fingerprint density at radius 1 is 1.27 bits per heavy atom. The van der Waals surface area contributed by atoms with E-state index in [2.05, 4.69) is 0 Å². The molecule has 0 N–H and O–H groups in total. The van der Waals surface area contributed by atoms with Gasteiger partial charge in [-0.3, -0.25) is 0 Å². The Bertz CT molecular complexity index is 426. The van der Waals surface area contributed by atoms with Gasteiger partial charge in [0, 0.05) is 6.08 Å². The maximum Gasteiger partial charge on any atom is 0.419 e. The zero-order chi connectivity index (χ0) is 11.5. The van der Waals surface area contributed by atoms with E-state index in [0.717, 1.165) is 30.4 Å². The fourth-order valence-electron chi connectivity index (χ4n) is 1.11. The Morgan fingerprint density at radius 2 is 1.93 bits per heavy atom. The van der Waals surface area contributed by atoms with E-state index < -0.39 is 17.6 Å². The summed E-state index contributed by atoms with van der Waals surface area (Å²) in [5.74, 6) is -1.34.